The van der Waals surface area contributed by atoms with E-state index < -0.39 is 11.3 Å². The molecule has 0 saturated heterocycles. The second kappa shape index (κ2) is 8.46. The maximum absolute atomic E-state index is 13.3. The van der Waals surface area contributed by atoms with Crippen molar-refractivity contribution in [3.63, 3.8) is 0 Å². The molecule has 2 N–H and O–H groups in total. The molecule has 0 bridgehead atoms. The molecule has 160 valence electrons. The molecule has 0 aliphatic carbocycles. The Hall–Kier alpha value is -3.66. The van der Waals surface area contributed by atoms with Crippen molar-refractivity contribution in [2.45, 2.75) is 6.54 Å². The van der Waals surface area contributed by atoms with Gasteiger partial charge >= 0.3 is 0 Å². The number of rotatable bonds is 6. The minimum absolute atomic E-state index is 0.236. The molecule has 9 heteroatoms. The van der Waals surface area contributed by atoms with E-state index in [9.17, 15) is 13.2 Å². The first-order chi connectivity index (χ1) is 15.6. The number of nitrogens with zero attached hydrogens (tertiary/aromatic N) is 3. The molecule has 3 aromatic heterocycles. The molecule has 0 saturated carbocycles. The van der Waals surface area contributed by atoms with Crippen molar-refractivity contribution in [3.8, 4) is 33.6 Å². The lowest BCUT2D eigenvalue weighted by Crippen LogP contribution is -2.15. The molecule has 0 radical (unpaired) electrons. The largest absolute Gasteiger partial charge is 0.760 e. The number of halogens is 1. The van der Waals surface area contributed by atoms with Gasteiger partial charge in [-0.2, -0.15) is 5.10 Å². The Morgan fingerprint density at radius 3 is 2.44 bits per heavy atom. The molecular weight excluding hydrogens is 429 g/mol. The van der Waals surface area contributed by atoms with Crippen LogP contribution in [-0.4, -0.2) is 28.3 Å². The zero-order chi connectivity index (χ0) is 22.1. The third-order valence-corrected chi connectivity index (χ3v) is 5.61. The first-order valence-corrected chi connectivity index (χ1v) is 10.8. The summed E-state index contributed by atoms with van der Waals surface area (Å²) >= 11 is -2.29. The molecule has 0 amide bonds. The molecule has 0 aliphatic heterocycles. The number of fused-ring (bicyclic) bond motifs is 1. The van der Waals surface area contributed by atoms with Crippen molar-refractivity contribution in [1.82, 2.24) is 24.3 Å². The van der Waals surface area contributed by atoms with Gasteiger partial charge in [-0.1, -0.05) is 24.3 Å². The molecule has 2 aromatic carbocycles. The van der Waals surface area contributed by atoms with Gasteiger partial charge in [0.1, 0.15) is 11.5 Å². The van der Waals surface area contributed by atoms with Crippen LogP contribution in [0.4, 0.5) is 4.39 Å². The normalized spacial score (nSPS) is 12.3. The number of aromatic nitrogens is 4. The van der Waals surface area contributed by atoms with Gasteiger partial charge < -0.3 is 4.55 Å². The van der Waals surface area contributed by atoms with E-state index in [1.165, 1.54) is 12.1 Å². The molecule has 0 fully saturated rings. The van der Waals surface area contributed by atoms with Crippen LogP contribution >= 0.6 is 0 Å². The van der Waals surface area contributed by atoms with E-state index >= 15 is 0 Å². The van der Waals surface area contributed by atoms with Crippen LogP contribution in [0.1, 0.15) is 5.56 Å². The fourth-order valence-electron chi connectivity index (χ4n) is 3.63. The van der Waals surface area contributed by atoms with E-state index in [0.717, 1.165) is 44.9 Å². The van der Waals surface area contributed by atoms with Gasteiger partial charge in [-0.15, -0.1) is 0 Å². The predicted octanol–water partition coefficient (Wildman–Crippen LogP) is 4.08. The lowest BCUT2D eigenvalue weighted by atomic mass is 10.0. The Morgan fingerprint density at radius 2 is 1.69 bits per heavy atom. The van der Waals surface area contributed by atoms with Crippen LogP contribution < -0.4 is 4.72 Å². The Bertz CT molecular complexity index is 1410. The second-order valence-corrected chi connectivity index (χ2v) is 7.97. The van der Waals surface area contributed by atoms with Crippen molar-refractivity contribution in [2.75, 3.05) is 0 Å². The van der Waals surface area contributed by atoms with Crippen molar-refractivity contribution in [2.24, 2.45) is 0 Å². The fourth-order valence-corrected chi connectivity index (χ4v) is 3.92. The highest BCUT2D eigenvalue weighted by molar-refractivity contribution is 7.77. The number of H-pyrrole nitrogens is 1. The van der Waals surface area contributed by atoms with Gasteiger partial charge in [0.15, 0.2) is 0 Å². The summed E-state index contributed by atoms with van der Waals surface area (Å²) in [5, 5.41) is 7.20. The summed E-state index contributed by atoms with van der Waals surface area (Å²) in [7, 11) is 0. The lowest BCUT2D eigenvalue weighted by molar-refractivity contribution is 0.522. The van der Waals surface area contributed by atoms with Crippen LogP contribution in [0.3, 0.4) is 0 Å². The van der Waals surface area contributed by atoms with Gasteiger partial charge in [0.05, 0.1) is 23.8 Å². The minimum atomic E-state index is -2.29. The number of pyridine rings is 1. The number of aromatic amines is 1. The maximum atomic E-state index is 13.3. The highest BCUT2D eigenvalue weighted by atomic mass is 32.2. The fraction of sp³-hybridized carbons (Fsp3) is 0.0435. The van der Waals surface area contributed by atoms with Crippen LogP contribution in [0.25, 0.3) is 39.3 Å². The Labute approximate surface area is 185 Å². The van der Waals surface area contributed by atoms with E-state index in [2.05, 4.69) is 19.9 Å². The first kappa shape index (κ1) is 20.3. The van der Waals surface area contributed by atoms with Crippen molar-refractivity contribution < 1.29 is 13.2 Å². The highest BCUT2D eigenvalue weighted by Gasteiger charge is 2.13. The molecule has 5 aromatic rings. The van der Waals surface area contributed by atoms with Crippen molar-refractivity contribution in [1.29, 1.82) is 0 Å². The SMILES string of the molecule is O=S([O-])NCc1ccc(-c2cnc3ccc(-c4cn[nH]c4-c4ccc(F)cc4)cn23)cc1. The van der Waals surface area contributed by atoms with Crippen LogP contribution in [0, 0.1) is 5.82 Å². The molecule has 0 spiro atoms. The Kier molecular flexibility index (Phi) is 5.36. The zero-order valence-corrected chi connectivity index (χ0v) is 17.5. The van der Waals surface area contributed by atoms with Gasteiger partial charge in [-0.3, -0.25) is 13.7 Å². The predicted molar refractivity (Wildman–Crippen MR) is 119 cm³/mol. The Morgan fingerprint density at radius 1 is 0.969 bits per heavy atom. The topological polar surface area (TPSA) is 98.1 Å². The van der Waals surface area contributed by atoms with E-state index in [1.54, 1.807) is 24.5 Å². The summed E-state index contributed by atoms with van der Waals surface area (Å²) in [6.07, 6.45) is 5.54. The number of hydrogen-bond donors (Lipinski definition) is 2. The molecule has 5 rings (SSSR count). The average Bonchev–Trinajstić information content (AvgIpc) is 3.45. The summed E-state index contributed by atoms with van der Waals surface area (Å²) in [6.45, 7) is 0.236. The van der Waals surface area contributed by atoms with Crippen molar-refractivity contribution in [3.05, 3.63) is 90.6 Å². The second-order valence-electron chi connectivity index (χ2n) is 7.21. The quantitative estimate of drug-likeness (QED) is 0.384. The van der Waals surface area contributed by atoms with Gasteiger partial charge in [0.2, 0.25) is 0 Å². The van der Waals surface area contributed by atoms with Gasteiger partial charge in [-0.25, -0.2) is 14.1 Å². The molecule has 1 unspecified atom stereocenters. The summed E-state index contributed by atoms with van der Waals surface area (Å²) < 4.78 is 39.1. The van der Waals surface area contributed by atoms with Gasteiger partial charge in [-0.05, 0) is 42.0 Å². The van der Waals surface area contributed by atoms with Crippen LogP contribution in [0.5, 0.6) is 0 Å². The van der Waals surface area contributed by atoms with E-state index in [-0.39, 0.29) is 12.4 Å². The van der Waals surface area contributed by atoms with E-state index in [4.69, 9.17) is 0 Å². The van der Waals surface area contributed by atoms with Crippen LogP contribution in [0.15, 0.2) is 79.3 Å². The summed E-state index contributed by atoms with van der Waals surface area (Å²) in [5.41, 5.74) is 6.98. The monoisotopic (exact) mass is 446 g/mol. The molecule has 7 nitrogen and oxygen atoms in total. The van der Waals surface area contributed by atoms with Crippen LogP contribution in [-0.2, 0) is 17.8 Å². The van der Waals surface area contributed by atoms with Crippen LogP contribution in [0.2, 0.25) is 0 Å². The molecule has 3 heterocycles. The Balaban J connectivity index is 1.51. The average molecular weight is 446 g/mol. The molecular formula is C23H17FN5O2S-. The van der Waals surface area contributed by atoms with E-state index in [0.29, 0.717) is 0 Å². The lowest BCUT2D eigenvalue weighted by Gasteiger charge is -2.09. The van der Waals surface area contributed by atoms with Gasteiger partial charge in [0, 0.05) is 46.3 Å². The third kappa shape index (κ3) is 3.96. The number of benzene rings is 2. The molecule has 1 atom stereocenters. The zero-order valence-electron chi connectivity index (χ0n) is 16.7. The van der Waals surface area contributed by atoms with Crippen molar-refractivity contribution >= 4 is 16.9 Å². The maximum Gasteiger partial charge on any atom is 0.137 e. The summed E-state index contributed by atoms with van der Waals surface area (Å²) in [5.74, 6) is -0.289. The smallest absolute Gasteiger partial charge is 0.137 e. The van der Waals surface area contributed by atoms with E-state index in [1.807, 2.05) is 47.0 Å². The first-order valence-electron chi connectivity index (χ1n) is 9.77. The minimum Gasteiger partial charge on any atom is -0.760 e. The molecule has 32 heavy (non-hydrogen) atoms. The summed E-state index contributed by atoms with van der Waals surface area (Å²) in [6, 6.07) is 17.8. The number of nitrogens with one attached hydrogen (secondary N) is 2. The standard InChI is InChI=1S/C23H18FN5O2S/c24-19-8-5-17(6-9-19)23-20(12-26-28-23)18-7-10-22-25-13-21(29(22)14-18)16-3-1-15(2-4-16)11-27-32(30)31/h1-10,12-14,27H,11H2,(H,26,28)(H,30,31)/p-1. The summed E-state index contributed by atoms with van der Waals surface area (Å²) in [4.78, 5) is 4.49. The number of hydrogen-bond acceptors (Lipinski definition) is 4. The van der Waals surface area contributed by atoms with Gasteiger partial charge in [0.25, 0.3) is 0 Å². The number of imidazole rings is 1. The highest BCUT2D eigenvalue weighted by Crippen LogP contribution is 2.31. The third-order valence-electron chi connectivity index (χ3n) is 5.23. The molecule has 0 aliphatic rings.